The Bertz CT molecular complexity index is 2120. The number of fused-ring (bicyclic) bond motifs is 4. The van der Waals surface area contributed by atoms with Crippen molar-refractivity contribution in [1.82, 2.24) is 19.4 Å². The first-order chi connectivity index (χ1) is 28.0. The normalized spacial score (nSPS) is 29.2. The monoisotopic (exact) mass is 836 g/mol. The van der Waals surface area contributed by atoms with Crippen LogP contribution in [0.2, 0.25) is 5.02 Å². The fourth-order valence-corrected chi connectivity index (χ4v) is 11.9. The van der Waals surface area contributed by atoms with Gasteiger partial charge in [0.1, 0.15) is 27.8 Å². The molecule has 1 spiro atoms. The van der Waals surface area contributed by atoms with Crippen LogP contribution in [0.15, 0.2) is 47.0 Å². The number of morpholine rings is 1. The molecule has 2 bridgehead atoms. The van der Waals surface area contributed by atoms with Crippen molar-refractivity contribution in [2.75, 3.05) is 76.9 Å². The Morgan fingerprint density at radius 1 is 1.10 bits per heavy atom. The summed E-state index contributed by atoms with van der Waals surface area (Å²) in [5, 5.41) is 5.12. The van der Waals surface area contributed by atoms with E-state index in [4.69, 9.17) is 30.5 Å². The Labute approximate surface area is 347 Å². The Morgan fingerprint density at radius 2 is 1.95 bits per heavy atom. The summed E-state index contributed by atoms with van der Waals surface area (Å²) >= 11 is 6.49. The lowest BCUT2D eigenvalue weighted by Crippen LogP contribution is -2.49. The Hall–Kier alpha value is -3.69. The zero-order valence-corrected chi connectivity index (χ0v) is 35.5. The van der Waals surface area contributed by atoms with Gasteiger partial charge in [0.25, 0.3) is 11.8 Å². The molecule has 1 N–H and O–H groups in total. The average molecular weight is 837 g/mol. The van der Waals surface area contributed by atoms with Crippen molar-refractivity contribution in [1.29, 1.82) is 0 Å². The van der Waals surface area contributed by atoms with Crippen molar-refractivity contribution in [3.05, 3.63) is 69.9 Å². The molecule has 3 aromatic rings. The third-order valence-corrected chi connectivity index (χ3v) is 15.2. The number of halogens is 1. The summed E-state index contributed by atoms with van der Waals surface area (Å²) in [6.45, 7) is 7.94. The number of methoxy groups -OCH3 is 1. The van der Waals surface area contributed by atoms with Gasteiger partial charge in [0.2, 0.25) is 5.88 Å². The van der Waals surface area contributed by atoms with Gasteiger partial charge in [-0.25, -0.2) is 4.21 Å². The number of ether oxygens (including phenoxy) is 4. The van der Waals surface area contributed by atoms with Gasteiger partial charge in [-0.3, -0.25) is 23.9 Å². The van der Waals surface area contributed by atoms with Crippen LogP contribution < -0.4 is 19.1 Å². The number of aryl methyl sites for hydroxylation is 2. The average Bonchev–Trinajstić information content (AvgIpc) is 3.50. The first kappa shape index (κ1) is 41.1. The molecule has 314 valence electrons. The van der Waals surface area contributed by atoms with Crippen molar-refractivity contribution in [2.45, 2.75) is 69.8 Å². The lowest BCUT2D eigenvalue weighted by Gasteiger charge is -2.46. The highest BCUT2D eigenvalue weighted by molar-refractivity contribution is 7.92. The Morgan fingerprint density at radius 3 is 2.74 bits per heavy atom. The summed E-state index contributed by atoms with van der Waals surface area (Å²) in [7, 11) is -0.101. The number of hydrogen-bond acceptors (Lipinski definition) is 10. The number of rotatable bonds is 7. The van der Waals surface area contributed by atoms with Crippen LogP contribution in [0.3, 0.4) is 0 Å². The minimum atomic E-state index is -3.61. The van der Waals surface area contributed by atoms with Gasteiger partial charge in [0, 0.05) is 69.1 Å². The molecule has 1 saturated heterocycles. The van der Waals surface area contributed by atoms with E-state index in [2.05, 4.69) is 36.1 Å². The topological polar surface area (TPSA) is 137 Å². The van der Waals surface area contributed by atoms with Crippen molar-refractivity contribution in [3.8, 4) is 11.6 Å². The summed E-state index contributed by atoms with van der Waals surface area (Å²) < 4.78 is 47.8. The number of hydrogen-bond donors (Lipinski definition) is 1. The predicted octanol–water partition coefficient (Wildman–Crippen LogP) is 6.07. The van der Waals surface area contributed by atoms with Crippen molar-refractivity contribution < 1.29 is 32.7 Å². The maximum Gasteiger partial charge on any atom is 0.286 e. The summed E-state index contributed by atoms with van der Waals surface area (Å²) in [6, 6.07) is 11.6. The molecule has 5 aliphatic rings. The van der Waals surface area contributed by atoms with Crippen LogP contribution in [0.1, 0.15) is 83.7 Å². The molecule has 58 heavy (non-hydrogen) atoms. The molecule has 8 rings (SSSR count). The van der Waals surface area contributed by atoms with Crippen molar-refractivity contribution >= 4 is 39.0 Å². The third-order valence-electron chi connectivity index (χ3n) is 13.0. The molecule has 6 atom stereocenters. The minimum Gasteiger partial charge on any atom is -0.490 e. The standard InChI is InChI=1S/C43H57ClN6O7S/c1-29-6-4-8-38(54-3)34-12-9-32(34)24-50-27-43(15-5-7-30-22-33(44)11-13-36(30)43)28-57-39-14-10-31(23-37(39)50)40(51)46-58(53,26-29)47-41(52)35-25-48(2)45-42(35)56-21-18-49-16-19-55-20-17-49/h10-11,13-14,22-23,25,29,32,34,38H,4-9,12,15-21,24,26-28H2,1-3H3,(H,46,47,51,52,53)/t29-,32-,34+,38-,43-,58?/m0/s1. The van der Waals surface area contributed by atoms with E-state index in [9.17, 15) is 13.8 Å². The van der Waals surface area contributed by atoms with E-state index in [-0.39, 0.29) is 40.2 Å². The van der Waals surface area contributed by atoms with Gasteiger partial charge in [-0.15, -0.1) is 9.46 Å². The minimum absolute atomic E-state index is 0.00773. The number of benzene rings is 2. The first-order valence-electron chi connectivity index (χ1n) is 20.9. The van der Waals surface area contributed by atoms with E-state index in [1.807, 2.05) is 32.2 Å². The smallest absolute Gasteiger partial charge is 0.286 e. The molecular formula is C43H57ClN6O7S. The molecule has 3 aliphatic heterocycles. The zero-order valence-electron chi connectivity index (χ0n) is 34.0. The fraction of sp³-hybridized carbons (Fsp3) is 0.605. The number of nitrogens with zero attached hydrogens (tertiary/aromatic N) is 5. The molecule has 2 fully saturated rings. The van der Waals surface area contributed by atoms with Gasteiger partial charge >= 0.3 is 0 Å². The molecule has 15 heteroatoms. The number of nitrogens with one attached hydrogen (secondary N) is 1. The number of amides is 2. The Kier molecular flexibility index (Phi) is 12.4. The summed E-state index contributed by atoms with van der Waals surface area (Å²) in [4.78, 5) is 32.9. The molecule has 2 aliphatic carbocycles. The van der Waals surface area contributed by atoms with Crippen LogP contribution >= 0.6 is 11.6 Å². The van der Waals surface area contributed by atoms with Gasteiger partial charge in [0.15, 0.2) is 0 Å². The van der Waals surface area contributed by atoms with Gasteiger partial charge in [-0.1, -0.05) is 31.0 Å². The van der Waals surface area contributed by atoms with Crippen LogP contribution in [-0.4, -0.2) is 109 Å². The molecule has 0 radical (unpaired) electrons. The molecule has 4 heterocycles. The van der Waals surface area contributed by atoms with E-state index >= 15 is 0 Å². The second-order valence-corrected chi connectivity index (χ2v) is 19.5. The highest BCUT2D eigenvalue weighted by Crippen LogP contribution is 2.47. The SMILES string of the molecule is CO[C@H]1CCC[C@H](C)CS(=O)(NC(=O)c2cn(C)nc2OCCN2CCOCC2)=NC(=O)c2ccc3c(c2)N(C[C@@H]2CC[C@H]21)C[C@@]1(CCCc2cc(Cl)ccc21)CO3. The maximum atomic E-state index is 14.9. The van der Waals surface area contributed by atoms with Gasteiger partial charge in [-0.05, 0) is 104 Å². The predicted molar refractivity (Wildman–Crippen MR) is 223 cm³/mol. The summed E-state index contributed by atoms with van der Waals surface area (Å²) in [5.74, 6) is 0.254. The van der Waals surface area contributed by atoms with E-state index in [0.29, 0.717) is 50.6 Å². The molecule has 1 unspecified atom stereocenters. The lowest BCUT2D eigenvalue weighted by molar-refractivity contribution is -0.0223. The second kappa shape index (κ2) is 17.5. The van der Waals surface area contributed by atoms with Crippen LogP contribution in [0, 0.1) is 17.8 Å². The summed E-state index contributed by atoms with van der Waals surface area (Å²) in [5.41, 5.74) is 3.52. The van der Waals surface area contributed by atoms with E-state index in [1.54, 1.807) is 13.1 Å². The molecule has 1 aromatic heterocycles. The molecule has 2 amide bonds. The second-order valence-electron chi connectivity index (χ2n) is 17.1. The highest BCUT2D eigenvalue weighted by Gasteiger charge is 2.44. The first-order valence-corrected chi connectivity index (χ1v) is 23.0. The van der Waals surface area contributed by atoms with E-state index in [0.717, 1.165) is 88.3 Å². The van der Waals surface area contributed by atoms with E-state index < -0.39 is 21.7 Å². The van der Waals surface area contributed by atoms with Crippen LogP contribution in [0.4, 0.5) is 5.69 Å². The largest absolute Gasteiger partial charge is 0.490 e. The number of carbonyl (C=O) groups excluding carboxylic acids is 2. The quantitative estimate of drug-likeness (QED) is 0.299. The third kappa shape index (κ3) is 8.91. The highest BCUT2D eigenvalue weighted by atomic mass is 35.5. The molecule has 1 saturated carbocycles. The van der Waals surface area contributed by atoms with Crippen molar-refractivity contribution in [2.24, 2.45) is 29.2 Å². The number of carbonyl (C=O) groups is 2. The lowest BCUT2D eigenvalue weighted by atomic mass is 9.68. The van der Waals surface area contributed by atoms with Crippen LogP contribution in [0.25, 0.3) is 0 Å². The zero-order chi connectivity index (χ0) is 40.4. The molecule has 2 aromatic carbocycles. The van der Waals surface area contributed by atoms with Crippen LogP contribution in [0.5, 0.6) is 11.6 Å². The fourth-order valence-electron chi connectivity index (χ4n) is 9.80. The molecular weight excluding hydrogens is 780 g/mol. The maximum absolute atomic E-state index is 14.9. The molecule has 13 nitrogen and oxygen atoms in total. The van der Waals surface area contributed by atoms with Gasteiger partial charge in [0.05, 0.1) is 37.4 Å². The van der Waals surface area contributed by atoms with Gasteiger partial charge in [-0.2, -0.15) is 0 Å². The van der Waals surface area contributed by atoms with Crippen LogP contribution in [-0.2, 0) is 38.3 Å². The van der Waals surface area contributed by atoms with Crippen molar-refractivity contribution in [3.63, 3.8) is 0 Å². The number of aromatic nitrogens is 2. The van der Waals surface area contributed by atoms with Gasteiger partial charge < -0.3 is 23.8 Å². The Balaban J connectivity index is 1.11. The number of anilines is 1. The van der Waals surface area contributed by atoms with E-state index in [1.165, 1.54) is 22.0 Å². The summed E-state index contributed by atoms with van der Waals surface area (Å²) in [6.07, 6.45) is 9.29.